The molecule has 0 unspecified atom stereocenters. The Morgan fingerprint density at radius 3 is 2.78 bits per heavy atom. The molecule has 146 valence electrons. The Bertz CT molecular complexity index is 753. The molecule has 0 aromatic heterocycles. The summed E-state index contributed by atoms with van der Waals surface area (Å²) in [6.45, 7) is 1.24. The molecular formula is C18H23FN4O4. The molecule has 1 saturated heterocycles. The number of ether oxygens (including phenoxy) is 1. The number of amides is 3. The van der Waals surface area contributed by atoms with Crippen LogP contribution in [0.25, 0.3) is 0 Å². The van der Waals surface area contributed by atoms with Gasteiger partial charge in [-0.2, -0.15) is 0 Å². The Morgan fingerprint density at radius 2 is 2.19 bits per heavy atom. The van der Waals surface area contributed by atoms with E-state index in [-0.39, 0.29) is 18.2 Å². The van der Waals surface area contributed by atoms with Crippen molar-refractivity contribution in [1.29, 1.82) is 0 Å². The highest BCUT2D eigenvalue weighted by Crippen LogP contribution is 2.30. The summed E-state index contributed by atoms with van der Waals surface area (Å²) in [5.74, 6) is -1.96. The van der Waals surface area contributed by atoms with Gasteiger partial charge in [0.15, 0.2) is 6.04 Å². The second kappa shape index (κ2) is 8.01. The Kier molecular flexibility index (Phi) is 5.71. The van der Waals surface area contributed by atoms with E-state index in [9.17, 15) is 18.8 Å². The second-order valence-corrected chi connectivity index (χ2v) is 6.94. The highest BCUT2D eigenvalue weighted by molar-refractivity contribution is 6.09. The summed E-state index contributed by atoms with van der Waals surface area (Å²) in [5.41, 5.74) is 5.68. The van der Waals surface area contributed by atoms with Gasteiger partial charge < -0.3 is 20.7 Å². The van der Waals surface area contributed by atoms with Gasteiger partial charge in [0.2, 0.25) is 5.91 Å². The number of nitrogens with two attached hydrogens (primary N) is 1. The summed E-state index contributed by atoms with van der Waals surface area (Å²) in [6, 6.07) is 2.90. The maximum Gasteiger partial charge on any atom is 0.253 e. The zero-order valence-electron chi connectivity index (χ0n) is 15.1. The van der Waals surface area contributed by atoms with Crippen LogP contribution in [0.5, 0.6) is 0 Å². The lowest BCUT2D eigenvalue weighted by Crippen LogP contribution is -2.51. The Hall–Kier alpha value is -2.52. The van der Waals surface area contributed by atoms with Crippen molar-refractivity contribution < 1.29 is 23.5 Å². The minimum atomic E-state index is -1.18. The first-order valence-electron chi connectivity index (χ1n) is 8.85. The second-order valence-electron chi connectivity index (χ2n) is 6.94. The average Bonchev–Trinajstić information content (AvgIpc) is 3.41. The van der Waals surface area contributed by atoms with Gasteiger partial charge in [0, 0.05) is 18.8 Å². The third-order valence-electron chi connectivity index (χ3n) is 4.71. The maximum atomic E-state index is 14.5. The number of hydrogen-bond donors (Lipinski definition) is 2. The zero-order valence-corrected chi connectivity index (χ0v) is 15.1. The van der Waals surface area contributed by atoms with Gasteiger partial charge in [-0.25, -0.2) is 4.39 Å². The standard InChI is InChI=1S/C18H23FN4O4/c1-22(9-11-2-3-11)16(17(20)25)18(26)21-14-5-4-12(8-13(14)19)23-6-7-27-10-15(23)24/h4-5,8,11,16H,2-3,6-7,9-10H2,1H3,(H2,20,25)(H,21,26)/t16-/m0/s1. The molecule has 3 amide bonds. The van der Waals surface area contributed by atoms with Gasteiger partial charge in [-0.05, 0) is 44.0 Å². The smallest absolute Gasteiger partial charge is 0.253 e. The molecule has 2 fully saturated rings. The molecule has 0 spiro atoms. The number of carbonyl (C=O) groups is 3. The lowest BCUT2D eigenvalue weighted by molar-refractivity contribution is -0.132. The number of nitrogens with zero attached hydrogens (tertiary/aromatic N) is 2. The summed E-state index contributed by atoms with van der Waals surface area (Å²) >= 11 is 0. The number of nitrogens with one attached hydrogen (secondary N) is 1. The molecule has 1 aliphatic carbocycles. The van der Waals surface area contributed by atoms with Crippen molar-refractivity contribution in [2.75, 3.05) is 43.6 Å². The van der Waals surface area contributed by atoms with Crippen molar-refractivity contribution in [1.82, 2.24) is 4.90 Å². The number of likely N-dealkylation sites (N-methyl/N-ethyl adjacent to an activating group) is 1. The molecule has 2 aliphatic rings. The van der Waals surface area contributed by atoms with Crippen molar-refractivity contribution in [3.8, 4) is 0 Å². The summed E-state index contributed by atoms with van der Waals surface area (Å²) < 4.78 is 19.5. The van der Waals surface area contributed by atoms with E-state index in [1.165, 1.54) is 23.1 Å². The molecule has 0 bridgehead atoms. The van der Waals surface area contributed by atoms with Crippen LogP contribution in [-0.2, 0) is 19.1 Å². The minimum Gasteiger partial charge on any atom is -0.370 e. The maximum absolute atomic E-state index is 14.5. The number of morpholine rings is 1. The van der Waals surface area contributed by atoms with Crippen molar-refractivity contribution in [3.63, 3.8) is 0 Å². The number of hydrogen-bond acceptors (Lipinski definition) is 5. The molecule has 0 radical (unpaired) electrons. The van der Waals surface area contributed by atoms with E-state index in [1.54, 1.807) is 11.9 Å². The molecule has 9 heteroatoms. The van der Waals surface area contributed by atoms with E-state index >= 15 is 0 Å². The van der Waals surface area contributed by atoms with Gasteiger partial charge in [0.05, 0.1) is 12.3 Å². The predicted molar refractivity (Wildman–Crippen MR) is 96.5 cm³/mol. The van der Waals surface area contributed by atoms with Crippen LogP contribution in [0.3, 0.4) is 0 Å². The van der Waals surface area contributed by atoms with Crippen LogP contribution >= 0.6 is 0 Å². The molecule has 3 N–H and O–H groups in total. The highest BCUT2D eigenvalue weighted by atomic mass is 19.1. The first-order chi connectivity index (χ1) is 12.9. The van der Waals surface area contributed by atoms with Crippen LogP contribution < -0.4 is 16.0 Å². The van der Waals surface area contributed by atoms with Crippen LogP contribution in [0.4, 0.5) is 15.8 Å². The molecule has 3 rings (SSSR count). The average molecular weight is 378 g/mol. The van der Waals surface area contributed by atoms with Crippen molar-refractivity contribution in [3.05, 3.63) is 24.0 Å². The summed E-state index contributed by atoms with van der Waals surface area (Å²) in [4.78, 5) is 39.1. The number of carbonyl (C=O) groups excluding carboxylic acids is 3. The van der Waals surface area contributed by atoms with Crippen LogP contribution in [0.15, 0.2) is 18.2 Å². The monoisotopic (exact) mass is 378 g/mol. The van der Waals surface area contributed by atoms with Gasteiger partial charge in [-0.15, -0.1) is 0 Å². The number of benzene rings is 1. The Morgan fingerprint density at radius 1 is 1.44 bits per heavy atom. The van der Waals surface area contributed by atoms with Crippen molar-refractivity contribution in [2.24, 2.45) is 11.7 Å². The van der Waals surface area contributed by atoms with Crippen molar-refractivity contribution in [2.45, 2.75) is 18.9 Å². The summed E-state index contributed by atoms with van der Waals surface area (Å²) in [5, 5.41) is 2.42. The van der Waals surface area contributed by atoms with Gasteiger partial charge in [-0.1, -0.05) is 0 Å². The zero-order chi connectivity index (χ0) is 19.6. The molecule has 1 saturated carbocycles. The molecule has 27 heavy (non-hydrogen) atoms. The molecule has 1 aliphatic heterocycles. The van der Waals surface area contributed by atoms with Crippen LogP contribution in [-0.4, -0.2) is 62.0 Å². The third kappa shape index (κ3) is 4.61. The Labute approximate surface area is 156 Å². The van der Waals surface area contributed by atoms with E-state index < -0.39 is 23.7 Å². The van der Waals surface area contributed by atoms with Crippen LogP contribution in [0, 0.1) is 11.7 Å². The molecular weight excluding hydrogens is 355 g/mol. The lowest BCUT2D eigenvalue weighted by Gasteiger charge is -2.27. The first kappa shape index (κ1) is 19.2. The van der Waals surface area contributed by atoms with Gasteiger partial charge in [-0.3, -0.25) is 19.3 Å². The van der Waals surface area contributed by atoms with Gasteiger partial charge in [0.25, 0.3) is 11.8 Å². The number of rotatable bonds is 7. The van der Waals surface area contributed by atoms with E-state index in [4.69, 9.17) is 10.5 Å². The number of halogens is 1. The molecule has 8 nitrogen and oxygen atoms in total. The number of primary amides is 1. The summed E-state index contributed by atoms with van der Waals surface area (Å²) in [7, 11) is 1.65. The van der Waals surface area contributed by atoms with E-state index in [2.05, 4.69) is 5.32 Å². The molecule has 1 aromatic carbocycles. The fraction of sp³-hybridized carbons (Fsp3) is 0.500. The van der Waals surface area contributed by atoms with Crippen LogP contribution in [0.1, 0.15) is 12.8 Å². The molecule has 1 aromatic rings. The largest absolute Gasteiger partial charge is 0.370 e. The fourth-order valence-corrected chi connectivity index (χ4v) is 3.13. The predicted octanol–water partition coefficient (Wildman–Crippen LogP) is 0.323. The van der Waals surface area contributed by atoms with E-state index in [1.807, 2.05) is 0 Å². The van der Waals surface area contributed by atoms with Crippen molar-refractivity contribution >= 4 is 29.1 Å². The topological polar surface area (TPSA) is 105 Å². The summed E-state index contributed by atoms with van der Waals surface area (Å²) in [6.07, 6.45) is 2.13. The SMILES string of the molecule is CN(CC1CC1)[C@@H](C(N)=O)C(=O)Nc1ccc(N2CCOCC2=O)cc1F. The lowest BCUT2D eigenvalue weighted by atomic mass is 10.2. The third-order valence-corrected chi connectivity index (χ3v) is 4.71. The van der Waals surface area contributed by atoms with Gasteiger partial charge >= 0.3 is 0 Å². The van der Waals surface area contributed by atoms with Crippen LogP contribution in [0.2, 0.25) is 0 Å². The quantitative estimate of drug-likeness (QED) is 0.665. The van der Waals surface area contributed by atoms with E-state index in [0.717, 1.165) is 12.8 Å². The highest BCUT2D eigenvalue weighted by Gasteiger charge is 2.33. The molecule has 1 atom stereocenters. The van der Waals surface area contributed by atoms with Gasteiger partial charge in [0.1, 0.15) is 12.4 Å². The Balaban J connectivity index is 1.70. The molecule has 1 heterocycles. The fourth-order valence-electron chi connectivity index (χ4n) is 3.13. The first-order valence-corrected chi connectivity index (χ1v) is 8.85. The number of anilines is 2. The van der Waals surface area contributed by atoms with E-state index in [0.29, 0.717) is 31.3 Å². The minimum absolute atomic E-state index is 0.0479. The normalized spacial score (nSPS) is 18.5.